The van der Waals surface area contributed by atoms with Gasteiger partial charge in [-0.2, -0.15) is 0 Å². The minimum absolute atomic E-state index is 0.145. The maximum atomic E-state index is 11.3. The molecule has 106 valence electrons. The molecule has 2 unspecified atom stereocenters. The summed E-state index contributed by atoms with van der Waals surface area (Å²) in [5.41, 5.74) is 8.95. The average molecular weight is 292 g/mol. The second kappa shape index (κ2) is 5.11. The minimum Gasteiger partial charge on any atom is -0.369 e. The second-order valence-corrected chi connectivity index (χ2v) is 5.94. The van der Waals surface area contributed by atoms with Crippen LogP contribution in [0.1, 0.15) is 30.6 Å². The maximum Gasteiger partial charge on any atom is 0.220 e. The van der Waals surface area contributed by atoms with E-state index in [9.17, 15) is 4.79 Å². The van der Waals surface area contributed by atoms with Gasteiger partial charge in [-0.1, -0.05) is 18.5 Å². The van der Waals surface area contributed by atoms with Crippen LogP contribution in [0.5, 0.6) is 0 Å². The SMILES string of the molecule is CC(CC1NCCc2c1[nH]c1ccc(Cl)cc21)C(N)=O. The minimum atomic E-state index is -0.252. The van der Waals surface area contributed by atoms with Crippen LogP contribution >= 0.6 is 11.6 Å². The van der Waals surface area contributed by atoms with Crippen LogP contribution in [0.4, 0.5) is 0 Å². The summed E-state index contributed by atoms with van der Waals surface area (Å²) in [5, 5.41) is 5.40. The number of nitrogens with one attached hydrogen (secondary N) is 2. The van der Waals surface area contributed by atoms with Crippen LogP contribution in [0.15, 0.2) is 18.2 Å². The smallest absolute Gasteiger partial charge is 0.220 e. The molecule has 4 nitrogen and oxygen atoms in total. The van der Waals surface area contributed by atoms with Gasteiger partial charge < -0.3 is 16.0 Å². The summed E-state index contributed by atoms with van der Waals surface area (Å²) in [7, 11) is 0. The van der Waals surface area contributed by atoms with Gasteiger partial charge in [0.2, 0.25) is 5.91 Å². The summed E-state index contributed by atoms with van der Waals surface area (Å²) in [6.07, 6.45) is 1.68. The summed E-state index contributed by atoms with van der Waals surface area (Å²) in [5.74, 6) is -0.397. The Morgan fingerprint density at radius 2 is 2.35 bits per heavy atom. The summed E-state index contributed by atoms with van der Waals surface area (Å²) in [6.45, 7) is 2.78. The molecule has 1 aliphatic heterocycles. The lowest BCUT2D eigenvalue weighted by atomic mass is 9.92. The van der Waals surface area contributed by atoms with Crippen LogP contribution in [-0.4, -0.2) is 17.4 Å². The molecule has 0 saturated carbocycles. The number of H-pyrrole nitrogens is 1. The number of benzene rings is 1. The molecule has 0 bridgehead atoms. The molecule has 2 atom stereocenters. The highest BCUT2D eigenvalue weighted by atomic mass is 35.5. The van der Waals surface area contributed by atoms with Gasteiger partial charge in [0.05, 0.1) is 0 Å². The van der Waals surface area contributed by atoms with Gasteiger partial charge in [0.1, 0.15) is 0 Å². The van der Waals surface area contributed by atoms with E-state index in [0.29, 0.717) is 6.42 Å². The molecule has 1 aliphatic rings. The Morgan fingerprint density at radius 1 is 1.55 bits per heavy atom. The lowest BCUT2D eigenvalue weighted by Gasteiger charge is -2.26. The number of hydrogen-bond acceptors (Lipinski definition) is 2. The first-order chi connectivity index (χ1) is 9.56. The number of carbonyl (C=O) groups excluding carboxylic acids is 1. The Labute approximate surface area is 122 Å². The normalized spacial score (nSPS) is 19.8. The predicted octanol–water partition coefficient (Wildman–Crippen LogP) is 2.52. The summed E-state index contributed by atoms with van der Waals surface area (Å²) in [6, 6.07) is 6.05. The van der Waals surface area contributed by atoms with Gasteiger partial charge in [-0.3, -0.25) is 4.79 Å². The number of nitrogens with two attached hydrogens (primary N) is 1. The van der Waals surface area contributed by atoms with E-state index in [4.69, 9.17) is 17.3 Å². The Bertz CT molecular complexity index is 664. The number of hydrogen-bond donors (Lipinski definition) is 3. The zero-order chi connectivity index (χ0) is 14.3. The van der Waals surface area contributed by atoms with E-state index in [1.165, 1.54) is 16.6 Å². The lowest BCUT2D eigenvalue weighted by molar-refractivity contribution is -0.121. The molecule has 5 heteroatoms. The van der Waals surface area contributed by atoms with Crippen LogP contribution in [0, 0.1) is 5.92 Å². The highest BCUT2D eigenvalue weighted by Crippen LogP contribution is 2.34. The van der Waals surface area contributed by atoms with Crippen molar-refractivity contribution in [2.45, 2.75) is 25.8 Å². The molecule has 1 aromatic carbocycles. The summed E-state index contributed by atoms with van der Waals surface area (Å²) >= 11 is 6.09. The fourth-order valence-corrected chi connectivity index (χ4v) is 3.12. The van der Waals surface area contributed by atoms with E-state index >= 15 is 0 Å². The number of carbonyl (C=O) groups is 1. The molecule has 2 heterocycles. The maximum absolute atomic E-state index is 11.3. The molecular weight excluding hydrogens is 274 g/mol. The van der Waals surface area contributed by atoms with Crippen molar-refractivity contribution in [3.63, 3.8) is 0 Å². The number of fused-ring (bicyclic) bond motifs is 3. The van der Waals surface area contributed by atoms with Crippen LogP contribution in [-0.2, 0) is 11.2 Å². The Balaban J connectivity index is 2.00. The van der Waals surface area contributed by atoms with Crippen LogP contribution < -0.4 is 11.1 Å². The first-order valence-electron chi connectivity index (χ1n) is 6.89. The van der Waals surface area contributed by atoms with Gasteiger partial charge in [-0.15, -0.1) is 0 Å². The highest BCUT2D eigenvalue weighted by molar-refractivity contribution is 6.31. The van der Waals surface area contributed by atoms with E-state index in [0.717, 1.165) is 23.5 Å². The van der Waals surface area contributed by atoms with Gasteiger partial charge in [-0.05, 0) is 43.1 Å². The molecule has 1 amide bonds. The molecule has 20 heavy (non-hydrogen) atoms. The molecular formula is C15H18ClN3O. The molecule has 3 rings (SSSR count). The number of primary amides is 1. The van der Waals surface area contributed by atoms with Crippen LogP contribution in [0.25, 0.3) is 10.9 Å². The highest BCUT2D eigenvalue weighted by Gasteiger charge is 2.26. The largest absolute Gasteiger partial charge is 0.369 e. The van der Waals surface area contributed by atoms with Crippen molar-refractivity contribution in [1.82, 2.24) is 10.3 Å². The van der Waals surface area contributed by atoms with E-state index in [2.05, 4.69) is 10.3 Å². The van der Waals surface area contributed by atoms with Crippen molar-refractivity contribution in [2.75, 3.05) is 6.54 Å². The van der Waals surface area contributed by atoms with Gasteiger partial charge in [-0.25, -0.2) is 0 Å². The quantitative estimate of drug-likeness (QED) is 0.813. The van der Waals surface area contributed by atoms with E-state index in [1.807, 2.05) is 25.1 Å². The summed E-state index contributed by atoms with van der Waals surface area (Å²) < 4.78 is 0. The van der Waals surface area contributed by atoms with Crippen molar-refractivity contribution < 1.29 is 4.79 Å². The van der Waals surface area contributed by atoms with Gasteiger partial charge >= 0.3 is 0 Å². The third kappa shape index (κ3) is 2.30. The average Bonchev–Trinajstić information content (AvgIpc) is 2.78. The standard InChI is InChI=1S/C15H18ClN3O/c1-8(15(17)20)6-13-14-10(4-5-18-13)11-7-9(16)2-3-12(11)19-14/h2-3,7-8,13,18-19H,4-6H2,1H3,(H2,17,20). The zero-order valence-electron chi connectivity index (χ0n) is 11.4. The molecule has 0 aliphatic carbocycles. The fourth-order valence-electron chi connectivity index (χ4n) is 2.95. The van der Waals surface area contributed by atoms with Gasteiger partial charge in [0.15, 0.2) is 0 Å². The number of rotatable bonds is 3. The lowest BCUT2D eigenvalue weighted by Crippen LogP contribution is -2.33. The third-order valence-corrected chi connectivity index (χ3v) is 4.33. The van der Waals surface area contributed by atoms with Crippen molar-refractivity contribution in [3.8, 4) is 0 Å². The zero-order valence-corrected chi connectivity index (χ0v) is 12.1. The predicted molar refractivity (Wildman–Crippen MR) is 80.7 cm³/mol. The Kier molecular flexibility index (Phi) is 3.44. The topological polar surface area (TPSA) is 70.9 Å². The van der Waals surface area contributed by atoms with Gasteiger partial charge in [0, 0.05) is 33.6 Å². The van der Waals surface area contributed by atoms with E-state index < -0.39 is 0 Å². The second-order valence-electron chi connectivity index (χ2n) is 5.50. The van der Waals surface area contributed by atoms with Gasteiger partial charge in [0.25, 0.3) is 0 Å². The van der Waals surface area contributed by atoms with Crippen molar-refractivity contribution in [2.24, 2.45) is 11.7 Å². The van der Waals surface area contributed by atoms with Crippen molar-refractivity contribution >= 4 is 28.4 Å². The number of halogens is 1. The first kappa shape index (κ1) is 13.5. The van der Waals surface area contributed by atoms with Crippen LogP contribution in [0.2, 0.25) is 5.02 Å². The van der Waals surface area contributed by atoms with E-state index in [-0.39, 0.29) is 17.9 Å². The van der Waals surface area contributed by atoms with Crippen molar-refractivity contribution in [3.05, 3.63) is 34.5 Å². The molecule has 0 fully saturated rings. The third-order valence-electron chi connectivity index (χ3n) is 4.09. The number of aromatic amines is 1. The molecule has 0 spiro atoms. The number of aromatic nitrogens is 1. The molecule has 0 saturated heterocycles. The van der Waals surface area contributed by atoms with E-state index in [1.54, 1.807) is 0 Å². The first-order valence-corrected chi connectivity index (χ1v) is 7.26. The monoisotopic (exact) mass is 291 g/mol. The summed E-state index contributed by atoms with van der Waals surface area (Å²) in [4.78, 5) is 14.7. The Hall–Kier alpha value is -1.52. The molecule has 4 N–H and O–H groups in total. The Morgan fingerprint density at radius 3 is 3.10 bits per heavy atom. The molecule has 0 radical (unpaired) electrons. The van der Waals surface area contributed by atoms with Crippen LogP contribution in [0.3, 0.4) is 0 Å². The molecule has 1 aromatic heterocycles. The fraction of sp³-hybridized carbons (Fsp3) is 0.400. The number of amides is 1. The van der Waals surface area contributed by atoms with Crippen molar-refractivity contribution in [1.29, 1.82) is 0 Å². The molecule has 2 aromatic rings.